The van der Waals surface area contributed by atoms with Crippen LogP contribution in [0.1, 0.15) is 18.9 Å². The average Bonchev–Trinajstić information content (AvgIpc) is 2.51. The summed E-state index contributed by atoms with van der Waals surface area (Å²) in [4.78, 5) is 2.44. The number of nitrogens with zero attached hydrogens (tertiary/aromatic N) is 1. The maximum absolute atomic E-state index is 6.20. The molecule has 1 aliphatic heterocycles. The van der Waals surface area contributed by atoms with Crippen molar-refractivity contribution >= 4 is 23.2 Å². The van der Waals surface area contributed by atoms with Gasteiger partial charge in [0.15, 0.2) is 0 Å². The molecule has 4 nitrogen and oxygen atoms in total. The third-order valence-corrected chi connectivity index (χ3v) is 4.12. The van der Waals surface area contributed by atoms with E-state index in [1.54, 1.807) is 6.07 Å². The van der Waals surface area contributed by atoms with Crippen LogP contribution in [0.4, 0.5) is 0 Å². The molecule has 0 atom stereocenters. The van der Waals surface area contributed by atoms with Crippen LogP contribution in [0.25, 0.3) is 0 Å². The first-order valence-corrected chi connectivity index (χ1v) is 8.58. The zero-order valence-corrected chi connectivity index (χ0v) is 14.6. The van der Waals surface area contributed by atoms with E-state index in [9.17, 15) is 0 Å². The maximum Gasteiger partial charge on any atom is 0.142 e. The second-order valence-electron chi connectivity index (χ2n) is 5.29. The summed E-state index contributed by atoms with van der Waals surface area (Å²) < 4.78 is 11.0. The van der Waals surface area contributed by atoms with Gasteiger partial charge < -0.3 is 14.8 Å². The third-order valence-electron chi connectivity index (χ3n) is 3.62. The molecule has 0 spiro atoms. The Labute approximate surface area is 142 Å². The summed E-state index contributed by atoms with van der Waals surface area (Å²) in [6.07, 6.45) is 1.11. The van der Waals surface area contributed by atoms with Gasteiger partial charge in [0.25, 0.3) is 0 Å². The molecule has 124 valence electrons. The summed E-state index contributed by atoms with van der Waals surface area (Å²) >= 11 is 12.3. The molecule has 0 bridgehead atoms. The number of halogens is 2. The lowest BCUT2D eigenvalue weighted by atomic mass is 10.2. The Morgan fingerprint density at radius 1 is 1.27 bits per heavy atom. The van der Waals surface area contributed by atoms with Crippen LogP contribution in [0.5, 0.6) is 5.75 Å². The highest BCUT2D eigenvalue weighted by atomic mass is 35.5. The number of nitrogens with one attached hydrogen (secondary N) is 1. The van der Waals surface area contributed by atoms with Crippen LogP contribution in [-0.2, 0) is 11.3 Å². The molecule has 2 rings (SSSR count). The van der Waals surface area contributed by atoms with Crippen LogP contribution in [0.3, 0.4) is 0 Å². The van der Waals surface area contributed by atoms with Gasteiger partial charge in [-0.05, 0) is 38.6 Å². The summed E-state index contributed by atoms with van der Waals surface area (Å²) in [6.45, 7) is 9.09. The van der Waals surface area contributed by atoms with E-state index < -0.39 is 0 Å². The molecule has 0 aliphatic carbocycles. The fourth-order valence-electron chi connectivity index (χ4n) is 2.53. The second-order valence-corrected chi connectivity index (χ2v) is 6.14. The zero-order chi connectivity index (χ0) is 15.8. The molecule has 0 unspecified atom stereocenters. The van der Waals surface area contributed by atoms with Crippen LogP contribution in [0, 0.1) is 0 Å². The highest BCUT2D eigenvalue weighted by molar-refractivity contribution is 6.35. The van der Waals surface area contributed by atoms with Crippen molar-refractivity contribution in [3.63, 3.8) is 0 Å². The Balaban J connectivity index is 1.76. The van der Waals surface area contributed by atoms with Crippen molar-refractivity contribution < 1.29 is 9.47 Å². The van der Waals surface area contributed by atoms with Gasteiger partial charge in [0.1, 0.15) is 5.75 Å². The number of benzene rings is 1. The summed E-state index contributed by atoms with van der Waals surface area (Å²) in [5, 5.41) is 4.65. The molecule has 1 saturated heterocycles. The first-order chi connectivity index (χ1) is 10.7. The normalized spacial score (nSPS) is 16.0. The van der Waals surface area contributed by atoms with Crippen molar-refractivity contribution in [2.75, 3.05) is 46.0 Å². The molecule has 1 aromatic carbocycles. The molecule has 1 aromatic rings. The second kappa shape index (κ2) is 9.58. The molecular formula is C16H24Cl2N2O2. The number of hydrogen-bond donors (Lipinski definition) is 1. The van der Waals surface area contributed by atoms with E-state index in [1.165, 1.54) is 0 Å². The SMILES string of the molecule is CCOc1c(Cl)cc(Cl)cc1CNCCCN1CCOCC1. The number of morpholine rings is 1. The lowest BCUT2D eigenvalue weighted by Gasteiger charge is -2.26. The Morgan fingerprint density at radius 2 is 2.05 bits per heavy atom. The lowest BCUT2D eigenvalue weighted by Crippen LogP contribution is -2.37. The van der Waals surface area contributed by atoms with Crippen LogP contribution in [0.2, 0.25) is 10.0 Å². The van der Waals surface area contributed by atoms with E-state index in [2.05, 4.69) is 10.2 Å². The van der Waals surface area contributed by atoms with Crippen LogP contribution in [-0.4, -0.2) is 50.9 Å². The van der Waals surface area contributed by atoms with E-state index in [1.807, 2.05) is 13.0 Å². The van der Waals surface area contributed by atoms with Gasteiger partial charge in [0, 0.05) is 30.2 Å². The third kappa shape index (κ3) is 5.60. The van der Waals surface area contributed by atoms with Crippen molar-refractivity contribution in [1.82, 2.24) is 10.2 Å². The van der Waals surface area contributed by atoms with Crippen molar-refractivity contribution in [3.8, 4) is 5.75 Å². The lowest BCUT2D eigenvalue weighted by molar-refractivity contribution is 0.0374. The van der Waals surface area contributed by atoms with Crippen molar-refractivity contribution in [2.45, 2.75) is 19.9 Å². The van der Waals surface area contributed by atoms with E-state index >= 15 is 0 Å². The number of hydrogen-bond acceptors (Lipinski definition) is 4. The van der Waals surface area contributed by atoms with Crippen LogP contribution < -0.4 is 10.1 Å². The van der Waals surface area contributed by atoms with E-state index in [-0.39, 0.29) is 0 Å². The minimum atomic E-state index is 0.569. The van der Waals surface area contributed by atoms with E-state index in [4.69, 9.17) is 32.7 Å². The summed E-state index contributed by atoms with van der Waals surface area (Å²) in [7, 11) is 0. The first kappa shape index (κ1) is 17.8. The minimum Gasteiger partial charge on any atom is -0.492 e. The molecule has 1 fully saturated rings. The molecule has 0 amide bonds. The Kier molecular flexibility index (Phi) is 7.76. The fourth-order valence-corrected chi connectivity index (χ4v) is 3.12. The van der Waals surface area contributed by atoms with E-state index in [0.29, 0.717) is 23.2 Å². The highest BCUT2D eigenvalue weighted by Gasteiger charge is 2.11. The van der Waals surface area contributed by atoms with Gasteiger partial charge in [-0.2, -0.15) is 0 Å². The molecule has 1 aliphatic rings. The molecular weight excluding hydrogens is 323 g/mol. The molecule has 0 radical (unpaired) electrons. The molecule has 1 heterocycles. The molecule has 22 heavy (non-hydrogen) atoms. The highest BCUT2D eigenvalue weighted by Crippen LogP contribution is 2.32. The zero-order valence-electron chi connectivity index (χ0n) is 13.0. The minimum absolute atomic E-state index is 0.569. The monoisotopic (exact) mass is 346 g/mol. The number of ether oxygens (including phenoxy) is 2. The predicted molar refractivity (Wildman–Crippen MR) is 91.2 cm³/mol. The van der Waals surface area contributed by atoms with Gasteiger partial charge in [-0.3, -0.25) is 4.90 Å². The van der Waals surface area contributed by atoms with Gasteiger partial charge in [-0.1, -0.05) is 23.2 Å². The topological polar surface area (TPSA) is 33.7 Å². The molecule has 0 aromatic heterocycles. The Hall–Kier alpha value is -0.520. The van der Waals surface area contributed by atoms with Crippen LogP contribution in [0.15, 0.2) is 12.1 Å². The Bertz CT molecular complexity index is 466. The van der Waals surface area contributed by atoms with Crippen molar-refractivity contribution in [1.29, 1.82) is 0 Å². The van der Waals surface area contributed by atoms with Crippen molar-refractivity contribution in [3.05, 3.63) is 27.7 Å². The molecule has 1 N–H and O–H groups in total. The predicted octanol–water partition coefficient (Wildman–Crippen LogP) is 3.20. The van der Waals surface area contributed by atoms with Gasteiger partial charge in [-0.25, -0.2) is 0 Å². The van der Waals surface area contributed by atoms with E-state index in [0.717, 1.165) is 57.1 Å². The van der Waals surface area contributed by atoms with Gasteiger partial charge in [-0.15, -0.1) is 0 Å². The van der Waals surface area contributed by atoms with Crippen LogP contribution >= 0.6 is 23.2 Å². The quantitative estimate of drug-likeness (QED) is 0.733. The maximum atomic E-state index is 6.20. The van der Waals surface area contributed by atoms with Gasteiger partial charge in [0.05, 0.1) is 24.8 Å². The van der Waals surface area contributed by atoms with Gasteiger partial charge >= 0.3 is 0 Å². The van der Waals surface area contributed by atoms with Gasteiger partial charge in [0.2, 0.25) is 0 Å². The molecule has 6 heteroatoms. The summed E-state index contributed by atoms with van der Waals surface area (Å²) in [5.74, 6) is 0.731. The number of rotatable bonds is 8. The van der Waals surface area contributed by atoms with Crippen molar-refractivity contribution in [2.24, 2.45) is 0 Å². The standard InChI is InChI=1S/C16H24Cl2N2O2/c1-2-22-16-13(10-14(17)11-15(16)18)12-19-4-3-5-20-6-8-21-9-7-20/h10-11,19H,2-9,12H2,1H3. The average molecular weight is 347 g/mol. The molecule has 0 saturated carbocycles. The fraction of sp³-hybridized carbons (Fsp3) is 0.625. The largest absolute Gasteiger partial charge is 0.492 e. The first-order valence-electron chi connectivity index (χ1n) is 7.82. The Morgan fingerprint density at radius 3 is 2.77 bits per heavy atom. The summed E-state index contributed by atoms with van der Waals surface area (Å²) in [6, 6.07) is 3.63. The summed E-state index contributed by atoms with van der Waals surface area (Å²) in [5.41, 5.74) is 1.01. The smallest absolute Gasteiger partial charge is 0.142 e.